The van der Waals surface area contributed by atoms with E-state index in [2.05, 4.69) is 20.3 Å². The number of rotatable bonds is 8. The van der Waals surface area contributed by atoms with Gasteiger partial charge in [0.25, 0.3) is 12.9 Å². The summed E-state index contributed by atoms with van der Waals surface area (Å²) in [5.74, 6) is -1.23. The van der Waals surface area contributed by atoms with E-state index in [1.165, 1.54) is 30.0 Å². The predicted octanol–water partition coefficient (Wildman–Crippen LogP) is 4.28. The Kier molecular flexibility index (Phi) is 7.18. The summed E-state index contributed by atoms with van der Waals surface area (Å²) in [6.07, 6.45) is -5.80. The fraction of sp³-hybridized carbons (Fsp3) is 0.417. The maximum Gasteiger partial charge on any atom is 0.272 e. The molecule has 0 saturated carbocycles. The van der Waals surface area contributed by atoms with Crippen LogP contribution in [0.3, 0.4) is 0 Å². The van der Waals surface area contributed by atoms with E-state index in [1.807, 2.05) is 0 Å². The van der Waals surface area contributed by atoms with Gasteiger partial charge >= 0.3 is 0 Å². The first-order valence-electron chi connectivity index (χ1n) is 11.3. The second kappa shape index (κ2) is 10.0. The molecule has 198 valence electrons. The number of carbonyl (C=O) groups is 1. The van der Waals surface area contributed by atoms with Crippen molar-refractivity contribution in [2.75, 3.05) is 25.0 Å². The summed E-state index contributed by atoms with van der Waals surface area (Å²) in [7, 11) is 0. The smallest absolute Gasteiger partial charge is 0.272 e. The molecule has 0 radical (unpaired) electrons. The van der Waals surface area contributed by atoms with Crippen molar-refractivity contribution in [1.29, 1.82) is 0 Å². The molecule has 1 saturated heterocycles. The van der Waals surface area contributed by atoms with Gasteiger partial charge in [-0.15, -0.1) is 0 Å². The van der Waals surface area contributed by atoms with E-state index in [9.17, 15) is 31.9 Å². The largest absolute Gasteiger partial charge is 0.471 e. The van der Waals surface area contributed by atoms with Gasteiger partial charge in [-0.3, -0.25) is 4.79 Å². The highest BCUT2D eigenvalue weighted by Crippen LogP contribution is 2.40. The number of carbonyl (C=O) groups excluding carboxylic acids is 1. The number of hydrogen-bond donors (Lipinski definition) is 2. The molecule has 1 aliphatic heterocycles. The Balaban J connectivity index is 1.78. The summed E-state index contributed by atoms with van der Waals surface area (Å²) in [6, 6.07) is 4.28. The summed E-state index contributed by atoms with van der Waals surface area (Å²) >= 11 is 0. The van der Waals surface area contributed by atoms with Crippen LogP contribution < -0.4 is 10.1 Å². The number of β-amino-alcohol motifs (C(OH)–C–C–N with tert-alkyl or cyclic N) is 1. The Bertz CT molecular complexity index is 1330. The van der Waals surface area contributed by atoms with Crippen molar-refractivity contribution in [2.24, 2.45) is 0 Å². The second-order valence-electron chi connectivity index (χ2n) is 8.86. The average molecular weight is 525 g/mol. The van der Waals surface area contributed by atoms with Gasteiger partial charge in [-0.1, -0.05) is 18.2 Å². The van der Waals surface area contributed by atoms with E-state index in [1.54, 1.807) is 13.8 Å². The molecule has 2 aromatic heterocycles. The third kappa shape index (κ3) is 5.26. The van der Waals surface area contributed by atoms with E-state index >= 15 is 0 Å². The average Bonchev–Trinajstić information content (AvgIpc) is 2.79. The number of halogens is 5. The number of nitrogens with zero attached hydrogens (tertiary/aromatic N) is 4. The number of nitrogens with one attached hydrogen (secondary N) is 1. The van der Waals surface area contributed by atoms with E-state index in [0.717, 1.165) is 6.07 Å². The zero-order chi connectivity index (χ0) is 27.1. The molecule has 1 atom stereocenters. The van der Waals surface area contributed by atoms with Gasteiger partial charge in [-0.25, -0.2) is 31.9 Å². The van der Waals surface area contributed by atoms with Gasteiger partial charge in [-0.2, -0.15) is 4.98 Å². The monoisotopic (exact) mass is 525 g/mol. The molecule has 1 amide bonds. The van der Waals surface area contributed by atoms with Crippen LogP contribution in [-0.4, -0.2) is 57.0 Å². The lowest BCUT2D eigenvalue weighted by atomic mass is 9.86. The number of amides is 1. The standard InChI is InChI=1S/C24H24F5N5O3/c1-11(14-5-4-6-15(19(14)27)20(28)29)30-21-16-7-17(24(36)9-34(10-24)13(3)35)23(37-8-18(25)26)33-22(16)32-12(2)31-21/h4-7,11,18,20,36H,8-10H2,1-3H3,(H,30,31,32,33)/t11-/m1/s1. The van der Waals surface area contributed by atoms with Gasteiger partial charge in [-0.05, 0) is 19.9 Å². The van der Waals surface area contributed by atoms with E-state index in [-0.39, 0.29) is 58.7 Å². The molecular weight excluding hydrogens is 501 g/mol. The zero-order valence-corrected chi connectivity index (χ0v) is 20.1. The topological polar surface area (TPSA) is 100 Å². The van der Waals surface area contributed by atoms with Gasteiger partial charge in [0.2, 0.25) is 11.8 Å². The highest BCUT2D eigenvalue weighted by atomic mass is 19.3. The van der Waals surface area contributed by atoms with Crippen LogP contribution in [0.5, 0.6) is 5.88 Å². The van der Waals surface area contributed by atoms with Crippen molar-refractivity contribution in [3.05, 3.63) is 52.6 Å². The van der Waals surface area contributed by atoms with Crippen LogP contribution in [0.15, 0.2) is 24.3 Å². The van der Waals surface area contributed by atoms with E-state index in [4.69, 9.17) is 4.74 Å². The third-order valence-electron chi connectivity index (χ3n) is 6.07. The number of aromatic nitrogens is 3. The molecule has 0 aliphatic carbocycles. The first-order valence-corrected chi connectivity index (χ1v) is 11.3. The highest BCUT2D eigenvalue weighted by molar-refractivity contribution is 5.88. The zero-order valence-electron chi connectivity index (χ0n) is 20.1. The van der Waals surface area contributed by atoms with Gasteiger partial charge in [0.05, 0.1) is 35.6 Å². The van der Waals surface area contributed by atoms with Crippen molar-refractivity contribution in [2.45, 2.75) is 45.3 Å². The lowest BCUT2D eigenvalue weighted by Crippen LogP contribution is -2.60. The van der Waals surface area contributed by atoms with Gasteiger partial charge in [0.15, 0.2) is 12.3 Å². The summed E-state index contributed by atoms with van der Waals surface area (Å²) in [6.45, 7) is 3.22. The summed E-state index contributed by atoms with van der Waals surface area (Å²) < 4.78 is 72.1. The number of likely N-dealkylation sites (tertiary alicyclic amines) is 1. The third-order valence-corrected chi connectivity index (χ3v) is 6.07. The molecule has 3 aromatic rings. The number of hydrogen-bond acceptors (Lipinski definition) is 7. The lowest BCUT2D eigenvalue weighted by Gasteiger charge is -2.46. The minimum absolute atomic E-state index is 0.0259. The number of alkyl halides is 4. The number of aliphatic hydroxyl groups is 1. The Labute approximate surface area is 208 Å². The first-order chi connectivity index (χ1) is 17.4. The summed E-state index contributed by atoms with van der Waals surface area (Å²) in [4.78, 5) is 25.8. The number of anilines is 1. The van der Waals surface area contributed by atoms with Crippen molar-refractivity contribution in [1.82, 2.24) is 19.9 Å². The van der Waals surface area contributed by atoms with Crippen LogP contribution >= 0.6 is 0 Å². The molecule has 0 bridgehead atoms. The van der Waals surface area contributed by atoms with Gasteiger partial charge in [0.1, 0.15) is 23.1 Å². The second-order valence-corrected chi connectivity index (χ2v) is 8.86. The fourth-order valence-electron chi connectivity index (χ4n) is 4.17. The molecule has 1 aromatic carbocycles. The maximum atomic E-state index is 14.7. The predicted molar refractivity (Wildman–Crippen MR) is 123 cm³/mol. The quantitative estimate of drug-likeness (QED) is 0.424. The lowest BCUT2D eigenvalue weighted by molar-refractivity contribution is -0.155. The number of ether oxygens (including phenoxy) is 1. The molecule has 0 spiro atoms. The van der Waals surface area contributed by atoms with Crippen molar-refractivity contribution < 1.29 is 36.6 Å². The molecule has 37 heavy (non-hydrogen) atoms. The molecule has 2 N–H and O–H groups in total. The van der Waals surface area contributed by atoms with Crippen LogP contribution in [0.25, 0.3) is 11.0 Å². The molecule has 8 nitrogen and oxygen atoms in total. The first kappa shape index (κ1) is 26.5. The Morgan fingerprint density at radius 2 is 1.86 bits per heavy atom. The summed E-state index contributed by atoms with van der Waals surface area (Å²) in [5, 5.41) is 14.4. The van der Waals surface area contributed by atoms with Crippen LogP contribution in [0.4, 0.5) is 27.8 Å². The van der Waals surface area contributed by atoms with Crippen molar-refractivity contribution >= 4 is 22.8 Å². The molecule has 1 aliphatic rings. The Morgan fingerprint density at radius 3 is 2.49 bits per heavy atom. The molecule has 4 rings (SSSR count). The SMILES string of the molecule is CC(=O)N1CC(O)(c2cc3c(N[C@H](C)c4cccc(C(F)F)c4F)nc(C)nc3nc2OCC(F)F)C1. The minimum atomic E-state index is -2.99. The van der Waals surface area contributed by atoms with Crippen LogP contribution in [0, 0.1) is 12.7 Å². The van der Waals surface area contributed by atoms with Crippen molar-refractivity contribution in [3.8, 4) is 5.88 Å². The summed E-state index contributed by atoms with van der Waals surface area (Å²) in [5.41, 5.74) is -2.30. The number of fused-ring (bicyclic) bond motifs is 1. The molecule has 3 heterocycles. The van der Waals surface area contributed by atoms with Gasteiger partial charge in [0, 0.05) is 12.5 Å². The maximum absolute atomic E-state index is 14.7. The molecular formula is C24H24F5N5O3. The molecule has 1 fully saturated rings. The Morgan fingerprint density at radius 1 is 1.19 bits per heavy atom. The van der Waals surface area contributed by atoms with Gasteiger partial charge < -0.3 is 20.1 Å². The number of pyridine rings is 1. The minimum Gasteiger partial charge on any atom is -0.471 e. The highest BCUT2D eigenvalue weighted by Gasteiger charge is 2.46. The number of aryl methyl sites for hydroxylation is 1. The fourth-order valence-corrected chi connectivity index (χ4v) is 4.17. The molecule has 0 unspecified atom stereocenters. The Hall–Kier alpha value is -3.61. The number of benzene rings is 1. The normalized spacial score (nSPS) is 15.7. The molecule has 13 heteroatoms. The van der Waals surface area contributed by atoms with Crippen LogP contribution in [-0.2, 0) is 10.4 Å². The van der Waals surface area contributed by atoms with E-state index in [0.29, 0.717) is 0 Å². The van der Waals surface area contributed by atoms with Crippen LogP contribution in [0.1, 0.15) is 48.8 Å². The van der Waals surface area contributed by atoms with E-state index < -0.39 is 42.5 Å². The van der Waals surface area contributed by atoms with Crippen LogP contribution in [0.2, 0.25) is 0 Å². The van der Waals surface area contributed by atoms with Crippen molar-refractivity contribution in [3.63, 3.8) is 0 Å².